The van der Waals surface area contributed by atoms with Crippen LogP contribution in [0.3, 0.4) is 0 Å². The van der Waals surface area contributed by atoms with Gasteiger partial charge in [-0.3, -0.25) is 9.59 Å². The summed E-state index contributed by atoms with van der Waals surface area (Å²) in [6, 6.07) is 10.2. The zero-order chi connectivity index (χ0) is 17.2. The van der Waals surface area contributed by atoms with Crippen LogP contribution < -0.4 is 0 Å². The van der Waals surface area contributed by atoms with E-state index in [1.165, 1.54) is 10.6 Å². The highest BCUT2D eigenvalue weighted by atomic mass is 32.1. The van der Waals surface area contributed by atoms with Crippen LogP contribution in [0, 0.1) is 5.92 Å². The first-order chi connectivity index (χ1) is 12.2. The molecule has 0 radical (unpaired) electrons. The number of benzene rings is 1. The smallest absolute Gasteiger partial charge is 0.226 e. The Bertz CT molecular complexity index is 766. The fraction of sp³-hybridized carbons (Fsp3) is 0.421. The first kappa shape index (κ1) is 16.3. The maximum Gasteiger partial charge on any atom is 0.226 e. The van der Waals surface area contributed by atoms with Crippen LogP contribution in [-0.4, -0.2) is 53.3 Å². The largest absolute Gasteiger partial charge is 0.342 e. The summed E-state index contributed by atoms with van der Waals surface area (Å²) in [4.78, 5) is 33.4. The van der Waals surface area contributed by atoms with Crippen molar-refractivity contribution in [2.75, 3.05) is 26.2 Å². The van der Waals surface area contributed by atoms with E-state index in [0.29, 0.717) is 26.2 Å². The third kappa shape index (κ3) is 3.31. The van der Waals surface area contributed by atoms with Crippen molar-refractivity contribution in [3.63, 3.8) is 0 Å². The van der Waals surface area contributed by atoms with E-state index in [0.717, 1.165) is 36.2 Å². The van der Waals surface area contributed by atoms with Crippen LogP contribution in [0.5, 0.6) is 0 Å². The van der Waals surface area contributed by atoms with Crippen molar-refractivity contribution in [2.24, 2.45) is 5.92 Å². The highest BCUT2D eigenvalue weighted by Crippen LogP contribution is 2.35. The molecule has 2 aromatic rings. The van der Waals surface area contributed by atoms with Crippen LogP contribution in [0.25, 0.3) is 10.6 Å². The molecule has 5 nitrogen and oxygen atoms in total. The number of aryl methyl sites for hydroxylation is 1. The monoisotopic (exact) mass is 355 g/mol. The summed E-state index contributed by atoms with van der Waals surface area (Å²) < 4.78 is 0. The Kier molecular flexibility index (Phi) is 4.53. The standard InChI is InChI=1S/C19H21N3O2S/c23-13-21-8-10-22(11-9-21)19(24)15-6-7-16-17(12-15)25-18(20-16)14-4-2-1-3-5-14/h1-5,13,15H,6-12H2. The lowest BCUT2D eigenvalue weighted by Gasteiger charge is -2.35. The van der Waals surface area contributed by atoms with Gasteiger partial charge in [0.15, 0.2) is 0 Å². The van der Waals surface area contributed by atoms with Crippen molar-refractivity contribution in [3.05, 3.63) is 40.9 Å². The molecule has 1 fully saturated rings. The molecule has 1 aromatic carbocycles. The second kappa shape index (κ2) is 6.96. The predicted molar refractivity (Wildman–Crippen MR) is 97.3 cm³/mol. The predicted octanol–water partition coefficient (Wildman–Crippen LogP) is 2.22. The van der Waals surface area contributed by atoms with Gasteiger partial charge in [0, 0.05) is 42.5 Å². The zero-order valence-corrected chi connectivity index (χ0v) is 14.9. The molecule has 2 amide bonds. The molecule has 6 heteroatoms. The summed E-state index contributed by atoms with van der Waals surface area (Å²) >= 11 is 1.72. The first-order valence-corrected chi connectivity index (χ1v) is 9.58. The fourth-order valence-electron chi connectivity index (χ4n) is 3.60. The molecular formula is C19H21N3O2S. The van der Waals surface area contributed by atoms with E-state index >= 15 is 0 Å². The summed E-state index contributed by atoms with van der Waals surface area (Å²) in [5, 5.41) is 1.05. The van der Waals surface area contributed by atoms with E-state index in [1.807, 2.05) is 23.1 Å². The molecule has 1 atom stereocenters. The normalized spacial score (nSPS) is 20.2. The number of carbonyl (C=O) groups excluding carboxylic acids is 2. The summed E-state index contributed by atoms with van der Waals surface area (Å²) in [5.41, 5.74) is 2.31. The molecule has 1 aliphatic heterocycles. The Morgan fingerprint density at radius 3 is 2.64 bits per heavy atom. The molecule has 1 saturated heterocycles. The van der Waals surface area contributed by atoms with Crippen molar-refractivity contribution >= 4 is 23.7 Å². The van der Waals surface area contributed by atoms with Crippen LogP contribution >= 0.6 is 11.3 Å². The SMILES string of the molecule is O=CN1CCN(C(=O)C2CCc3nc(-c4ccccc4)sc3C2)CC1. The van der Waals surface area contributed by atoms with E-state index < -0.39 is 0 Å². The van der Waals surface area contributed by atoms with Crippen molar-refractivity contribution in [2.45, 2.75) is 19.3 Å². The molecule has 0 saturated carbocycles. The molecule has 0 spiro atoms. The van der Waals surface area contributed by atoms with Crippen LogP contribution in [0.15, 0.2) is 30.3 Å². The number of hydrogen-bond acceptors (Lipinski definition) is 4. The average molecular weight is 355 g/mol. The van der Waals surface area contributed by atoms with Crippen molar-refractivity contribution < 1.29 is 9.59 Å². The van der Waals surface area contributed by atoms with Gasteiger partial charge in [-0.05, 0) is 19.3 Å². The number of fused-ring (bicyclic) bond motifs is 1. The molecule has 2 aliphatic rings. The third-order valence-corrected chi connectivity index (χ3v) is 6.25. The minimum absolute atomic E-state index is 0.0550. The number of amides is 2. The highest BCUT2D eigenvalue weighted by Gasteiger charge is 2.31. The minimum Gasteiger partial charge on any atom is -0.342 e. The van der Waals surface area contributed by atoms with Gasteiger partial charge in [0.25, 0.3) is 0 Å². The van der Waals surface area contributed by atoms with Gasteiger partial charge in [-0.1, -0.05) is 30.3 Å². The van der Waals surface area contributed by atoms with Crippen LogP contribution in [0.2, 0.25) is 0 Å². The molecule has 0 bridgehead atoms. The van der Waals surface area contributed by atoms with Gasteiger partial charge in [0.05, 0.1) is 5.69 Å². The summed E-state index contributed by atoms with van der Waals surface area (Å²) in [6.45, 7) is 2.59. The van der Waals surface area contributed by atoms with Gasteiger partial charge in [-0.15, -0.1) is 11.3 Å². The van der Waals surface area contributed by atoms with Gasteiger partial charge in [-0.25, -0.2) is 4.98 Å². The topological polar surface area (TPSA) is 53.5 Å². The van der Waals surface area contributed by atoms with E-state index in [4.69, 9.17) is 4.98 Å². The number of rotatable bonds is 3. The molecule has 130 valence electrons. The Balaban J connectivity index is 1.45. The summed E-state index contributed by atoms with van der Waals surface area (Å²) in [7, 11) is 0. The lowest BCUT2D eigenvalue weighted by Crippen LogP contribution is -2.50. The van der Waals surface area contributed by atoms with Crippen LogP contribution in [-0.2, 0) is 22.4 Å². The second-order valence-corrected chi connectivity index (χ2v) is 7.74. The first-order valence-electron chi connectivity index (χ1n) is 8.76. The Morgan fingerprint density at radius 1 is 1.16 bits per heavy atom. The Labute approximate surface area is 151 Å². The average Bonchev–Trinajstić information content (AvgIpc) is 3.11. The lowest BCUT2D eigenvalue weighted by atomic mass is 9.90. The van der Waals surface area contributed by atoms with Crippen molar-refractivity contribution in [1.29, 1.82) is 0 Å². The van der Waals surface area contributed by atoms with Gasteiger partial charge >= 0.3 is 0 Å². The Morgan fingerprint density at radius 2 is 1.92 bits per heavy atom. The second-order valence-electron chi connectivity index (χ2n) is 6.66. The van der Waals surface area contributed by atoms with Crippen LogP contribution in [0.1, 0.15) is 17.0 Å². The lowest BCUT2D eigenvalue weighted by molar-refractivity contribution is -0.139. The van der Waals surface area contributed by atoms with E-state index in [2.05, 4.69) is 12.1 Å². The third-order valence-electron chi connectivity index (χ3n) is 5.08. The number of thiazole rings is 1. The highest BCUT2D eigenvalue weighted by molar-refractivity contribution is 7.15. The summed E-state index contributed by atoms with van der Waals surface area (Å²) in [5.74, 6) is 0.296. The number of hydrogen-bond donors (Lipinski definition) is 0. The maximum atomic E-state index is 12.8. The molecule has 1 aromatic heterocycles. The fourth-order valence-corrected chi connectivity index (χ4v) is 4.79. The van der Waals surface area contributed by atoms with Crippen molar-refractivity contribution in [3.8, 4) is 10.6 Å². The van der Waals surface area contributed by atoms with Gasteiger partial charge in [0.2, 0.25) is 12.3 Å². The van der Waals surface area contributed by atoms with Crippen molar-refractivity contribution in [1.82, 2.24) is 14.8 Å². The molecular weight excluding hydrogens is 334 g/mol. The van der Waals surface area contributed by atoms with E-state index in [-0.39, 0.29) is 11.8 Å². The maximum absolute atomic E-state index is 12.8. The van der Waals surface area contributed by atoms with Crippen LogP contribution in [0.4, 0.5) is 0 Å². The van der Waals surface area contributed by atoms with Gasteiger partial charge in [0.1, 0.15) is 5.01 Å². The van der Waals surface area contributed by atoms with E-state index in [9.17, 15) is 9.59 Å². The molecule has 1 unspecified atom stereocenters. The summed E-state index contributed by atoms with van der Waals surface area (Å²) in [6.07, 6.45) is 3.42. The number of carbonyl (C=O) groups is 2. The molecule has 25 heavy (non-hydrogen) atoms. The Hall–Kier alpha value is -2.21. The quantitative estimate of drug-likeness (QED) is 0.794. The molecule has 4 rings (SSSR count). The zero-order valence-electron chi connectivity index (χ0n) is 14.1. The number of nitrogens with zero attached hydrogens (tertiary/aromatic N) is 3. The van der Waals surface area contributed by atoms with Gasteiger partial charge < -0.3 is 9.80 Å². The molecule has 2 heterocycles. The molecule has 0 N–H and O–H groups in total. The number of aromatic nitrogens is 1. The number of piperazine rings is 1. The molecule has 1 aliphatic carbocycles. The van der Waals surface area contributed by atoms with E-state index in [1.54, 1.807) is 16.2 Å². The minimum atomic E-state index is 0.0550. The van der Waals surface area contributed by atoms with Gasteiger partial charge in [-0.2, -0.15) is 0 Å².